The molecule has 0 spiro atoms. The van der Waals surface area contributed by atoms with Gasteiger partial charge in [-0.2, -0.15) is 31.1 Å². The number of hydrogen-bond acceptors (Lipinski definition) is 3. The zero-order valence-electron chi connectivity index (χ0n) is 10.9. The lowest BCUT2D eigenvalue weighted by Gasteiger charge is -2.20. The summed E-state index contributed by atoms with van der Waals surface area (Å²) >= 11 is 0. The molecule has 0 aliphatic heterocycles. The molecule has 0 heterocycles. The van der Waals surface area contributed by atoms with E-state index in [1.54, 1.807) is 0 Å². The quantitative estimate of drug-likeness (QED) is 0.785. The van der Waals surface area contributed by atoms with Crippen molar-refractivity contribution in [2.24, 2.45) is 0 Å². The van der Waals surface area contributed by atoms with Gasteiger partial charge in [0.15, 0.2) is 0 Å². The summed E-state index contributed by atoms with van der Waals surface area (Å²) in [5, 5.41) is 8.38. The molecule has 0 aliphatic rings. The molecule has 0 saturated heterocycles. The van der Waals surface area contributed by atoms with E-state index >= 15 is 0 Å². The summed E-state index contributed by atoms with van der Waals surface area (Å²) in [4.78, 5) is 9.32. The maximum Gasteiger partial charge on any atom is 0.416 e. The Morgan fingerprint density at radius 3 is 2.17 bits per heavy atom. The summed E-state index contributed by atoms with van der Waals surface area (Å²) in [6.45, 7) is 0. The van der Waals surface area contributed by atoms with E-state index in [2.05, 4.69) is 0 Å². The number of hydrogen-bond donors (Lipinski definition) is 2. The number of carboxylic acid groups (broad SMARTS) is 1. The van der Waals surface area contributed by atoms with Crippen LogP contribution in [0.1, 0.15) is 12.0 Å². The number of carboxylic acids is 1. The van der Waals surface area contributed by atoms with Gasteiger partial charge in [-0.3, -0.25) is 4.79 Å². The molecule has 0 aliphatic carbocycles. The Kier molecular flexibility index (Phi) is 5.31. The van der Waals surface area contributed by atoms with Crippen LogP contribution < -0.4 is 4.72 Å². The summed E-state index contributed by atoms with van der Waals surface area (Å²) in [6, 6.07) is -0.920. The smallest absolute Gasteiger partial charge is 0.416 e. The first-order chi connectivity index (χ1) is 10.2. The second kappa shape index (κ2) is 6.35. The molecule has 0 amide bonds. The van der Waals surface area contributed by atoms with Crippen LogP contribution in [0.5, 0.6) is 0 Å². The molecule has 0 unspecified atom stereocenters. The number of rotatable bonds is 5. The van der Waals surface area contributed by atoms with Gasteiger partial charge in [0.1, 0.15) is 6.04 Å². The topological polar surface area (TPSA) is 83.5 Å². The molecule has 0 fully saturated rings. The summed E-state index contributed by atoms with van der Waals surface area (Å²) in [7, 11) is -5.00. The Hall–Kier alpha value is -1.82. The minimum Gasteiger partial charge on any atom is -0.481 e. The van der Waals surface area contributed by atoms with Crippen molar-refractivity contribution >= 4 is 16.0 Å². The summed E-state index contributed by atoms with van der Waals surface area (Å²) in [5.41, 5.74) is -1.37. The van der Waals surface area contributed by atoms with Gasteiger partial charge in [0.25, 0.3) is 0 Å². The van der Waals surface area contributed by atoms with Crippen LogP contribution in [0.4, 0.5) is 26.3 Å². The molecular weight excluding hydrogens is 356 g/mol. The standard InChI is InChI=1S/C11H9F6NO4S/c12-10(13,14)6-2-1-3-7(4-6)23(21,22)18-8(5-9(19)20)11(15,16)17/h1-4,8,18H,5H2,(H,19,20)/t8-/m1/s1. The van der Waals surface area contributed by atoms with E-state index in [4.69, 9.17) is 5.11 Å². The number of sulfonamides is 1. The molecule has 0 bridgehead atoms. The summed E-state index contributed by atoms with van der Waals surface area (Å²) in [5.74, 6) is -1.93. The molecule has 1 atom stereocenters. The van der Waals surface area contributed by atoms with Gasteiger partial charge in [-0.25, -0.2) is 8.42 Å². The predicted octanol–water partition coefficient (Wildman–Crippen LogP) is 2.39. The van der Waals surface area contributed by atoms with Gasteiger partial charge >= 0.3 is 18.3 Å². The van der Waals surface area contributed by atoms with Crippen LogP contribution in [0.3, 0.4) is 0 Å². The van der Waals surface area contributed by atoms with Crippen LogP contribution in [0.2, 0.25) is 0 Å². The Labute approximate surface area is 126 Å². The molecule has 0 saturated carbocycles. The molecule has 130 valence electrons. The van der Waals surface area contributed by atoms with Gasteiger partial charge in [0, 0.05) is 0 Å². The maximum absolute atomic E-state index is 12.6. The third-order valence-corrected chi connectivity index (χ3v) is 4.01. The lowest BCUT2D eigenvalue weighted by Crippen LogP contribution is -2.46. The van der Waals surface area contributed by atoms with Crippen molar-refractivity contribution in [3.05, 3.63) is 29.8 Å². The minimum atomic E-state index is -5.23. The van der Waals surface area contributed by atoms with Crippen molar-refractivity contribution in [2.75, 3.05) is 0 Å². The predicted molar refractivity (Wildman–Crippen MR) is 63.9 cm³/mol. The van der Waals surface area contributed by atoms with Crippen LogP contribution in [0.15, 0.2) is 29.2 Å². The highest BCUT2D eigenvalue weighted by Gasteiger charge is 2.44. The van der Waals surface area contributed by atoms with Crippen LogP contribution in [-0.2, 0) is 21.0 Å². The number of aliphatic carboxylic acids is 1. The lowest BCUT2D eigenvalue weighted by molar-refractivity contribution is -0.163. The van der Waals surface area contributed by atoms with Crippen LogP contribution in [0, 0.1) is 0 Å². The summed E-state index contributed by atoms with van der Waals surface area (Å²) in [6.07, 6.45) is -11.7. The zero-order valence-corrected chi connectivity index (χ0v) is 11.8. The first kappa shape index (κ1) is 19.2. The Balaban J connectivity index is 3.18. The fourth-order valence-corrected chi connectivity index (χ4v) is 2.76. The number of alkyl halides is 6. The number of halogens is 6. The Morgan fingerprint density at radius 1 is 1.17 bits per heavy atom. The van der Waals surface area contributed by atoms with E-state index in [1.807, 2.05) is 0 Å². The molecule has 23 heavy (non-hydrogen) atoms. The number of nitrogens with one attached hydrogen (secondary N) is 1. The highest BCUT2D eigenvalue weighted by molar-refractivity contribution is 7.89. The van der Waals surface area contributed by atoms with Crippen LogP contribution >= 0.6 is 0 Å². The Bertz CT molecular complexity index is 682. The minimum absolute atomic E-state index is 0.149. The number of benzene rings is 1. The fraction of sp³-hybridized carbons (Fsp3) is 0.364. The average molecular weight is 365 g/mol. The van der Waals surface area contributed by atoms with E-state index in [9.17, 15) is 39.6 Å². The highest BCUT2D eigenvalue weighted by Crippen LogP contribution is 2.31. The Morgan fingerprint density at radius 2 is 1.74 bits per heavy atom. The maximum atomic E-state index is 12.6. The van der Waals surface area contributed by atoms with Crippen molar-refractivity contribution in [3.63, 3.8) is 0 Å². The summed E-state index contributed by atoms with van der Waals surface area (Å²) < 4.78 is 100. The molecule has 12 heteroatoms. The van der Waals surface area contributed by atoms with Crippen LogP contribution in [-0.4, -0.2) is 31.7 Å². The first-order valence-corrected chi connectivity index (χ1v) is 7.20. The van der Waals surface area contributed by atoms with E-state index < -0.39 is 51.3 Å². The van der Waals surface area contributed by atoms with Gasteiger partial charge in [0.05, 0.1) is 16.9 Å². The molecule has 5 nitrogen and oxygen atoms in total. The molecule has 0 aromatic heterocycles. The van der Waals surface area contributed by atoms with Crippen molar-refractivity contribution in [1.82, 2.24) is 4.72 Å². The average Bonchev–Trinajstić information content (AvgIpc) is 2.35. The molecule has 1 rings (SSSR count). The lowest BCUT2D eigenvalue weighted by atomic mass is 10.2. The van der Waals surface area contributed by atoms with E-state index in [0.717, 1.165) is 4.72 Å². The van der Waals surface area contributed by atoms with E-state index in [0.29, 0.717) is 18.2 Å². The highest BCUT2D eigenvalue weighted by atomic mass is 32.2. The van der Waals surface area contributed by atoms with Gasteiger partial charge in [-0.15, -0.1) is 0 Å². The fourth-order valence-electron chi connectivity index (χ4n) is 1.49. The van der Waals surface area contributed by atoms with Crippen molar-refractivity contribution < 1.29 is 44.7 Å². The molecule has 2 N–H and O–H groups in total. The van der Waals surface area contributed by atoms with E-state index in [1.165, 1.54) is 0 Å². The second-order valence-electron chi connectivity index (χ2n) is 4.34. The van der Waals surface area contributed by atoms with Crippen molar-refractivity contribution in [2.45, 2.75) is 29.7 Å². The molecule has 1 aromatic rings. The number of carbonyl (C=O) groups is 1. The third kappa shape index (κ3) is 5.39. The van der Waals surface area contributed by atoms with Gasteiger partial charge in [-0.05, 0) is 18.2 Å². The third-order valence-electron chi connectivity index (χ3n) is 2.54. The SMILES string of the molecule is O=C(O)C[C@@H](NS(=O)(=O)c1cccc(C(F)(F)F)c1)C(F)(F)F. The molecular formula is C11H9F6NO4S. The van der Waals surface area contributed by atoms with Gasteiger partial charge < -0.3 is 5.11 Å². The second-order valence-corrected chi connectivity index (χ2v) is 6.05. The van der Waals surface area contributed by atoms with E-state index in [-0.39, 0.29) is 6.07 Å². The zero-order chi connectivity index (χ0) is 18.1. The van der Waals surface area contributed by atoms with Gasteiger partial charge in [-0.1, -0.05) is 6.07 Å². The molecule has 0 radical (unpaired) electrons. The van der Waals surface area contributed by atoms with Crippen molar-refractivity contribution in [3.8, 4) is 0 Å². The largest absolute Gasteiger partial charge is 0.481 e. The monoisotopic (exact) mass is 365 g/mol. The normalized spacial score (nSPS) is 14.5. The van der Waals surface area contributed by atoms with Crippen LogP contribution in [0.25, 0.3) is 0 Å². The molecule has 1 aromatic carbocycles. The van der Waals surface area contributed by atoms with Gasteiger partial charge in [0.2, 0.25) is 10.0 Å². The van der Waals surface area contributed by atoms with Crippen molar-refractivity contribution in [1.29, 1.82) is 0 Å². The first-order valence-electron chi connectivity index (χ1n) is 5.71.